The minimum Gasteiger partial charge on any atom is -0.398 e. The topological polar surface area (TPSA) is 43.1 Å². The summed E-state index contributed by atoms with van der Waals surface area (Å²) >= 11 is 0. The number of nitrogens with two attached hydrogens (primary N) is 1. The molecule has 2 nitrogen and oxygen atoms in total. The number of nitrogen functional groups attached to an aromatic ring is 1. The van der Waals surface area contributed by atoms with E-state index in [0.717, 1.165) is 23.1 Å². The van der Waals surface area contributed by atoms with Crippen LogP contribution < -0.4 is 5.73 Å². The van der Waals surface area contributed by atoms with E-state index in [1.54, 1.807) is 0 Å². The van der Waals surface area contributed by atoms with Gasteiger partial charge in [0.05, 0.1) is 0 Å². The lowest BCUT2D eigenvalue weighted by Gasteiger charge is -2.00. The SMILES string of the molecule is Cc1ccc(C=CCC=O)cc1N. The van der Waals surface area contributed by atoms with E-state index in [-0.39, 0.29) is 0 Å². The third-order valence-corrected chi connectivity index (χ3v) is 1.85. The standard InChI is InChI=1S/C11H13NO/c1-9-5-6-10(8-11(9)12)4-2-3-7-13/h2,4-8H,3,12H2,1H3. The summed E-state index contributed by atoms with van der Waals surface area (Å²) in [5.74, 6) is 0. The van der Waals surface area contributed by atoms with Gasteiger partial charge in [0.2, 0.25) is 0 Å². The van der Waals surface area contributed by atoms with Crippen LogP contribution >= 0.6 is 0 Å². The smallest absolute Gasteiger partial charge is 0.123 e. The van der Waals surface area contributed by atoms with Crippen molar-refractivity contribution in [1.29, 1.82) is 0 Å². The molecular weight excluding hydrogens is 162 g/mol. The molecule has 68 valence electrons. The fourth-order valence-corrected chi connectivity index (χ4v) is 1.02. The van der Waals surface area contributed by atoms with E-state index in [4.69, 9.17) is 5.73 Å². The number of hydrogen-bond donors (Lipinski definition) is 1. The average Bonchev–Trinajstić information content (AvgIpc) is 2.12. The molecule has 0 fully saturated rings. The number of benzene rings is 1. The van der Waals surface area contributed by atoms with Crippen molar-refractivity contribution < 1.29 is 4.79 Å². The van der Waals surface area contributed by atoms with Crippen molar-refractivity contribution in [3.05, 3.63) is 35.4 Å². The highest BCUT2D eigenvalue weighted by Crippen LogP contribution is 2.13. The van der Waals surface area contributed by atoms with Crippen molar-refractivity contribution in [1.82, 2.24) is 0 Å². The van der Waals surface area contributed by atoms with Gasteiger partial charge in [0.1, 0.15) is 6.29 Å². The first-order chi connectivity index (χ1) is 6.24. The third kappa shape index (κ3) is 2.75. The molecule has 1 aromatic carbocycles. The summed E-state index contributed by atoms with van der Waals surface area (Å²) in [5, 5.41) is 0. The largest absolute Gasteiger partial charge is 0.398 e. The quantitative estimate of drug-likeness (QED) is 0.565. The minimum absolute atomic E-state index is 0.452. The number of carbonyl (C=O) groups is 1. The molecule has 0 saturated carbocycles. The summed E-state index contributed by atoms with van der Waals surface area (Å²) in [5.41, 5.74) is 8.62. The Balaban J connectivity index is 2.79. The lowest BCUT2D eigenvalue weighted by atomic mass is 10.1. The van der Waals surface area contributed by atoms with E-state index >= 15 is 0 Å². The zero-order chi connectivity index (χ0) is 9.68. The Bertz CT molecular complexity index is 329. The molecule has 0 aromatic heterocycles. The molecule has 0 radical (unpaired) electrons. The maximum Gasteiger partial charge on any atom is 0.123 e. The van der Waals surface area contributed by atoms with Gasteiger partial charge in [-0.3, -0.25) is 0 Å². The number of carbonyl (C=O) groups excluding carboxylic acids is 1. The Hall–Kier alpha value is -1.57. The molecule has 1 aromatic rings. The van der Waals surface area contributed by atoms with E-state index in [0.29, 0.717) is 6.42 Å². The van der Waals surface area contributed by atoms with Crippen LogP contribution in [-0.4, -0.2) is 6.29 Å². The molecule has 2 heteroatoms. The van der Waals surface area contributed by atoms with Gasteiger partial charge >= 0.3 is 0 Å². The van der Waals surface area contributed by atoms with Crippen LogP contribution in [0.15, 0.2) is 24.3 Å². The van der Waals surface area contributed by atoms with Gasteiger partial charge in [-0.15, -0.1) is 0 Å². The highest BCUT2D eigenvalue weighted by Gasteiger charge is 1.92. The highest BCUT2D eigenvalue weighted by molar-refractivity contribution is 5.61. The molecular formula is C11H13NO. The summed E-state index contributed by atoms with van der Waals surface area (Å²) in [6.07, 6.45) is 5.03. The normalized spacial score (nSPS) is 10.5. The van der Waals surface area contributed by atoms with Gasteiger partial charge in [0, 0.05) is 12.1 Å². The van der Waals surface area contributed by atoms with Crippen molar-refractivity contribution in [3.8, 4) is 0 Å². The Morgan fingerprint density at radius 1 is 1.46 bits per heavy atom. The number of anilines is 1. The Morgan fingerprint density at radius 3 is 2.85 bits per heavy atom. The van der Waals surface area contributed by atoms with Crippen LogP contribution in [0, 0.1) is 6.92 Å². The molecule has 0 aliphatic carbocycles. The van der Waals surface area contributed by atoms with Crippen LogP contribution in [0.1, 0.15) is 17.5 Å². The Kier molecular flexibility index (Phi) is 3.26. The van der Waals surface area contributed by atoms with Crippen molar-refractivity contribution in [3.63, 3.8) is 0 Å². The monoisotopic (exact) mass is 175 g/mol. The minimum atomic E-state index is 0.452. The van der Waals surface area contributed by atoms with Gasteiger partial charge in [-0.25, -0.2) is 0 Å². The second kappa shape index (κ2) is 4.45. The molecule has 13 heavy (non-hydrogen) atoms. The maximum atomic E-state index is 10.0. The fourth-order valence-electron chi connectivity index (χ4n) is 1.02. The van der Waals surface area contributed by atoms with Crippen LogP contribution in [0.3, 0.4) is 0 Å². The summed E-state index contributed by atoms with van der Waals surface area (Å²) in [7, 11) is 0. The lowest BCUT2D eigenvalue weighted by Crippen LogP contribution is -1.89. The first kappa shape index (κ1) is 9.52. The summed E-state index contributed by atoms with van der Waals surface area (Å²) in [6, 6.07) is 5.85. The Morgan fingerprint density at radius 2 is 2.23 bits per heavy atom. The van der Waals surface area contributed by atoms with Crippen molar-refractivity contribution in [2.45, 2.75) is 13.3 Å². The molecule has 0 amide bonds. The molecule has 0 bridgehead atoms. The number of aldehydes is 1. The molecule has 0 heterocycles. The first-order valence-corrected chi connectivity index (χ1v) is 4.20. The average molecular weight is 175 g/mol. The molecule has 0 aliphatic rings. The van der Waals surface area contributed by atoms with E-state index in [9.17, 15) is 4.79 Å². The second-order valence-electron chi connectivity index (χ2n) is 2.92. The van der Waals surface area contributed by atoms with Crippen LogP contribution in [0.4, 0.5) is 5.69 Å². The van der Waals surface area contributed by atoms with Gasteiger partial charge in [0.15, 0.2) is 0 Å². The van der Waals surface area contributed by atoms with E-state index < -0.39 is 0 Å². The Labute approximate surface area is 78.1 Å². The number of rotatable bonds is 3. The van der Waals surface area contributed by atoms with Crippen molar-refractivity contribution >= 4 is 18.0 Å². The molecule has 0 spiro atoms. The lowest BCUT2D eigenvalue weighted by molar-refractivity contribution is -0.107. The van der Waals surface area contributed by atoms with E-state index in [1.165, 1.54) is 0 Å². The van der Waals surface area contributed by atoms with Gasteiger partial charge in [-0.1, -0.05) is 24.3 Å². The van der Waals surface area contributed by atoms with E-state index in [2.05, 4.69) is 0 Å². The molecule has 2 N–H and O–H groups in total. The van der Waals surface area contributed by atoms with Crippen LogP contribution in [0.2, 0.25) is 0 Å². The third-order valence-electron chi connectivity index (χ3n) is 1.85. The van der Waals surface area contributed by atoms with Gasteiger partial charge < -0.3 is 10.5 Å². The predicted octanol–water partition coefficient (Wildman–Crippen LogP) is 2.18. The summed E-state index contributed by atoms with van der Waals surface area (Å²) < 4.78 is 0. The molecule has 0 unspecified atom stereocenters. The molecule has 0 atom stereocenters. The fraction of sp³-hybridized carbons (Fsp3) is 0.182. The van der Waals surface area contributed by atoms with Crippen molar-refractivity contribution in [2.24, 2.45) is 0 Å². The van der Waals surface area contributed by atoms with Gasteiger partial charge in [-0.05, 0) is 24.1 Å². The van der Waals surface area contributed by atoms with E-state index in [1.807, 2.05) is 37.3 Å². The number of allylic oxidation sites excluding steroid dienone is 1. The molecule has 0 saturated heterocycles. The van der Waals surface area contributed by atoms with Crippen molar-refractivity contribution in [2.75, 3.05) is 5.73 Å². The maximum absolute atomic E-state index is 10.0. The zero-order valence-electron chi connectivity index (χ0n) is 7.66. The number of aryl methyl sites for hydroxylation is 1. The van der Waals surface area contributed by atoms with Gasteiger partial charge in [-0.2, -0.15) is 0 Å². The summed E-state index contributed by atoms with van der Waals surface area (Å²) in [6.45, 7) is 1.97. The number of hydrogen-bond acceptors (Lipinski definition) is 2. The molecule has 1 rings (SSSR count). The first-order valence-electron chi connectivity index (χ1n) is 4.20. The van der Waals surface area contributed by atoms with Crippen LogP contribution in [0.5, 0.6) is 0 Å². The highest BCUT2D eigenvalue weighted by atomic mass is 16.1. The van der Waals surface area contributed by atoms with Crippen LogP contribution in [0.25, 0.3) is 6.08 Å². The zero-order valence-corrected chi connectivity index (χ0v) is 7.66. The second-order valence-corrected chi connectivity index (χ2v) is 2.92. The molecule has 0 aliphatic heterocycles. The summed E-state index contributed by atoms with van der Waals surface area (Å²) in [4.78, 5) is 10.0. The van der Waals surface area contributed by atoms with Crippen LogP contribution in [-0.2, 0) is 4.79 Å². The predicted molar refractivity (Wildman–Crippen MR) is 55.3 cm³/mol. The van der Waals surface area contributed by atoms with Gasteiger partial charge in [0.25, 0.3) is 0 Å².